The van der Waals surface area contributed by atoms with Gasteiger partial charge in [0.25, 0.3) is 0 Å². The normalized spacial score (nSPS) is 23.6. The second-order valence-electron chi connectivity index (χ2n) is 3.69. The Morgan fingerprint density at radius 3 is 2.71 bits per heavy atom. The monoisotopic (exact) mass is 213 g/mol. The first-order chi connectivity index (χ1) is 6.22. The second-order valence-corrected chi connectivity index (χ2v) is 3.69. The zero-order valence-electron chi connectivity index (χ0n) is 8.49. The van der Waals surface area contributed by atoms with Gasteiger partial charge in [0.15, 0.2) is 0 Å². The number of halogens is 1. The molecule has 0 radical (unpaired) electrons. The Morgan fingerprint density at radius 1 is 1.36 bits per heavy atom. The number of nitrogens with two attached hydrogens (primary N) is 1. The summed E-state index contributed by atoms with van der Waals surface area (Å²) in [7, 11) is 0. The molecule has 0 saturated heterocycles. The summed E-state index contributed by atoms with van der Waals surface area (Å²) in [4.78, 5) is 0. The Morgan fingerprint density at radius 2 is 2.07 bits per heavy atom. The van der Waals surface area contributed by atoms with Crippen LogP contribution in [-0.2, 0) is 6.54 Å². The van der Waals surface area contributed by atoms with Crippen LogP contribution in [0.1, 0.15) is 30.9 Å². The fourth-order valence-electron chi connectivity index (χ4n) is 1.74. The van der Waals surface area contributed by atoms with Crippen molar-refractivity contribution < 1.29 is 4.74 Å². The highest BCUT2D eigenvalue weighted by molar-refractivity contribution is 5.85. The molecule has 3 heteroatoms. The molecule has 2 N–H and O–H groups in total. The van der Waals surface area contributed by atoms with Crippen molar-refractivity contribution >= 4 is 12.4 Å². The molecule has 1 aliphatic rings. The number of hydrogen-bond acceptors (Lipinski definition) is 2. The Hall–Kier alpha value is -0.730. The lowest BCUT2D eigenvalue weighted by Gasteiger charge is -2.07. The van der Waals surface area contributed by atoms with Crippen molar-refractivity contribution in [2.45, 2.75) is 32.4 Å². The zero-order chi connectivity index (χ0) is 9.42. The summed E-state index contributed by atoms with van der Waals surface area (Å²) in [5, 5.41) is 0. The summed E-state index contributed by atoms with van der Waals surface area (Å²) >= 11 is 0. The van der Waals surface area contributed by atoms with Gasteiger partial charge in [-0.3, -0.25) is 0 Å². The molecule has 1 heterocycles. The van der Waals surface area contributed by atoms with Gasteiger partial charge in [-0.2, -0.15) is 0 Å². The molecule has 14 heavy (non-hydrogen) atoms. The zero-order valence-corrected chi connectivity index (χ0v) is 9.30. The lowest BCUT2D eigenvalue weighted by atomic mass is 9.97. The molecule has 0 aliphatic carbocycles. The number of hydrogen-bond donors (Lipinski definition) is 1. The van der Waals surface area contributed by atoms with Gasteiger partial charge in [0.2, 0.25) is 0 Å². The highest BCUT2D eigenvalue weighted by atomic mass is 35.5. The molecular weight excluding hydrogens is 198 g/mol. The van der Waals surface area contributed by atoms with E-state index >= 15 is 0 Å². The van der Waals surface area contributed by atoms with Crippen molar-refractivity contribution in [3.63, 3.8) is 0 Å². The van der Waals surface area contributed by atoms with Crippen LogP contribution < -0.4 is 10.5 Å². The summed E-state index contributed by atoms with van der Waals surface area (Å²) in [5.74, 6) is 1.51. The number of rotatable bonds is 1. The van der Waals surface area contributed by atoms with Crippen molar-refractivity contribution in [2.75, 3.05) is 0 Å². The van der Waals surface area contributed by atoms with E-state index in [1.165, 1.54) is 11.1 Å². The maximum atomic E-state index is 5.68. The first kappa shape index (κ1) is 11.3. The van der Waals surface area contributed by atoms with Crippen molar-refractivity contribution in [3.8, 4) is 5.75 Å². The van der Waals surface area contributed by atoms with E-state index in [0.717, 1.165) is 5.75 Å². The summed E-state index contributed by atoms with van der Waals surface area (Å²) in [6, 6.07) is 6.21. The average molecular weight is 214 g/mol. The van der Waals surface area contributed by atoms with Crippen LogP contribution in [0.5, 0.6) is 5.75 Å². The van der Waals surface area contributed by atoms with Crippen molar-refractivity contribution in [2.24, 2.45) is 5.73 Å². The van der Waals surface area contributed by atoms with Gasteiger partial charge in [-0.05, 0) is 18.6 Å². The van der Waals surface area contributed by atoms with Gasteiger partial charge >= 0.3 is 0 Å². The van der Waals surface area contributed by atoms with Crippen LogP contribution in [0.25, 0.3) is 0 Å². The maximum Gasteiger partial charge on any atom is 0.123 e. The molecular formula is C11H16ClNO. The van der Waals surface area contributed by atoms with Gasteiger partial charge in [0.05, 0.1) is 0 Å². The number of benzene rings is 1. The third-order valence-corrected chi connectivity index (χ3v) is 2.82. The highest BCUT2D eigenvalue weighted by Crippen LogP contribution is 2.37. The SMILES string of the molecule is CC1Oc2ccc(CN)cc2C1C.Cl. The average Bonchev–Trinajstić information content (AvgIpc) is 2.43. The minimum atomic E-state index is 0. The molecule has 0 saturated carbocycles. The van der Waals surface area contributed by atoms with Crippen LogP contribution in [0.3, 0.4) is 0 Å². The van der Waals surface area contributed by atoms with E-state index < -0.39 is 0 Å². The van der Waals surface area contributed by atoms with Gasteiger partial charge in [-0.15, -0.1) is 12.4 Å². The summed E-state index contributed by atoms with van der Waals surface area (Å²) in [6.45, 7) is 4.90. The fourth-order valence-corrected chi connectivity index (χ4v) is 1.74. The van der Waals surface area contributed by atoms with Crippen molar-refractivity contribution in [1.82, 2.24) is 0 Å². The van der Waals surface area contributed by atoms with E-state index in [2.05, 4.69) is 19.9 Å². The second kappa shape index (κ2) is 4.20. The third kappa shape index (κ3) is 1.72. The molecule has 2 unspecified atom stereocenters. The maximum absolute atomic E-state index is 5.68. The molecule has 0 aromatic heterocycles. The standard InChI is InChI=1S/C11H15NO.ClH/c1-7-8(2)13-11-4-3-9(6-12)5-10(7)11;/h3-5,7-8H,6,12H2,1-2H3;1H. The topological polar surface area (TPSA) is 35.2 Å². The smallest absolute Gasteiger partial charge is 0.123 e. The van der Waals surface area contributed by atoms with E-state index in [-0.39, 0.29) is 12.4 Å². The van der Waals surface area contributed by atoms with Gasteiger partial charge in [-0.1, -0.05) is 19.1 Å². The van der Waals surface area contributed by atoms with Crippen molar-refractivity contribution in [1.29, 1.82) is 0 Å². The van der Waals surface area contributed by atoms with Crippen LogP contribution >= 0.6 is 12.4 Å². The predicted molar refractivity (Wildman–Crippen MR) is 60.1 cm³/mol. The van der Waals surface area contributed by atoms with Crippen LogP contribution in [0, 0.1) is 0 Å². The van der Waals surface area contributed by atoms with Crippen LogP contribution in [0.15, 0.2) is 18.2 Å². The Kier molecular flexibility index (Phi) is 3.40. The molecule has 2 rings (SSSR count). The van der Waals surface area contributed by atoms with Crippen LogP contribution in [-0.4, -0.2) is 6.10 Å². The highest BCUT2D eigenvalue weighted by Gasteiger charge is 2.27. The Bertz CT molecular complexity index is 327. The molecule has 1 aromatic rings. The minimum Gasteiger partial charge on any atom is -0.490 e. The van der Waals surface area contributed by atoms with Gasteiger partial charge in [-0.25, -0.2) is 0 Å². The largest absolute Gasteiger partial charge is 0.490 e. The summed E-state index contributed by atoms with van der Waals surface area (Å²) in [5.41, 5.74) is 8.07. The van der Waals surface area contributed by atoms with Crippen LogP contribution in [0.4, 0.5) is 0 Å². The summed E-state index contributed by atoms with van der Waals surface area (Å²) in [6.07, 6.45) is 0.294. The molecule has 1 aliphatic heterocycles. The van der Waals surface area contributed by atoms with Gasteiger partial charge in [0, 0.05) is 18.0 Å². The first-order valence-corrected chi connectivity index (χ1v) is 4.72. The first-order valence-electron chi connectivity index (χ1n) is 4.72. The lowest BCUT2D eigenvalue weighted by Crippen LogP contribution is -2.10. The van der Waals surface area contributed by atoms with E-state index in [1.54, 1.807) is 0 Å². The Balaban J connectivity index is 0.000000980. The molecule has 2 nitrogen and oxygen atoms in total. The quantitative estimate of drug-likeness (QED) is 0.778. The number of ether oxygens (including phenoxy) is 1. The van der Waals surface area contributed by atoms with E-state index in [1.807, 2.05) is 12.1 Å². The molecule has 0 spiro atoms. The molecule has 0 fully saturated rings. The minimum absolute atomic E-state index is 0. The van der Waals surface area contributed by atoms with E-state index in [4.69, 9.17) is 10.5 Å². The van der Waals surface area contributed by atoms with Crippen LogP contribution in [0.2, 0.25) is 0 Å². The van der Waals surface area contributed by atoms with Crippen molar-refractivity contribution in [3.05, 3.63) is 29.3 Å². The third-order valence-electron chi connectivity index (χ3n) is 2.82. The predicted octanol–water partition coefficient (Wildman–Crippen LogP) is 2.45. The molecule has 1 aromatic carbocycles. The molecule has 78 valence electrons. The Labute approximate surface area is 90.9 Å². The molecule has 0 bridgehead atoms. The molecule has 0 amide bonds. The fraction of sp³-hybridized carbons (Fsp3) is 0.455. The van der Waals surface area contributed by atoms with E-state index in [0.29, 0.717) is 18.6 Å². The molecule has 2 atom stereocenters. The lowest BCUT2D eigenvalue weighted by molar-refractivity contribution is 0.232. The van der Waals surface area contributed by atoms with Gasteiger partial charge in [0.1, 0.15) is 11.9 Å². The number of fused-ring (bicyclic) bond motifs is 1. The van der Waals surface area contributed by atoms with Gasteiger partial charge < -0.3 is 10.5 Å². The summed E-state index contributed by atoms with van der Waals surface area (Å²) < 4.78 is 5.68. The van der Waals surface area contributed by atoms with E-state index in [9.17, 15) is 0 Å².